The van der Waals surface area contributed by atoms with Crippen molar-refractivity contribution in [3.8, 4) is 0 Å². The van der Waals surface area contributed by atoms with Crippen LogP contribution in [0.25, 0.3) is 11.0 Å². The van der Waals surface area contributed by atoms with Gasteiger partial charge < -0.3 is 0 Å². The van der Waals surface area contributed by atoms with Gasteiger partial charge >= 0.3 is 48.9 Å². The zero-order chi connectivity index (χ0) is 9.47. The van der Waals surface area contributed by atoms with Gasteiger partial charge in [-0.1, -0.05) is 6.07 Å². The van der Waals surface area contributed by atoms with E-state index < -0.39 is 10.1 Å². The van der Waals surface area contributed by atoms with Gasteiger partial charge in [-0.3, -0.25) is 4.55 Å². The van der Waals surface area contributed by atoms with Gasteiger partial charge in [0.25, 0.3) is 10.1 Å². The van der Waals surface area contributed by atoms with Crippen LogP contribution < -0.4 is 0 Å². The van der Waals surface area contributed by atoms with E-state index in [1.807, 2.05) is 0 Å². The Morgan fingerprint density at radius 3 is 2.64 bits per heavy atom. The van der Waals surface area contributed by atoms with Crippen LogP contribution in [0.3, 0.4) is 0 Å². The van der Waals surface area contributed by atoms with E-state index in [2.05, 4.69) is 8.75 Å². The average Bonchev–Trinajstić information content (AvgIpc) is 2.48. The molecule has 0 atom stereocenters. The Kier molecular flexibility index (Phi) is 4.12. The molecule has 0 amide bonds. The third kappa shape index (κ3) is 2.36. The van der Waals surface area contributed by atoms with Crippen LogP contribution >= 0.6 is 11.7 Å². The van der Waals surface area contributed by atoms with Crippen LogP contribution in [0.1, 0.15) is 0 Å². The maximum Gasteiger partial charge on any atom is 2.00 e. The standard InChI is InChI=1S/C6H4N2O3S2.Ba/c9-13(10,11)5-3-1-2-4-6(5)8-12-7-4;/h1-3H,(H,9,10,11);/q;+2. The van der Waals surface area contributed by atoms with Crippen LogP contribution in [-0.4, -0.2) is 70.6 Å². The van der Waals surface area contributed by atoms with Gasteiger partial charge in [-0.2, -0.15) is 17.2 Å². The predicted molar refractivity (Wildman–Crippen MR) is 53.0 cm³/mol. The molecular formula is C6H4BaN2O3S2+2. The first-order chi connectivity index (χ1) is 6.09. The third-order valence-electron chi connectivity index (χ3n) is 1.53. The van der Waals surface area contributed by atoms with Gasteiger partial charge in [0.1, 0.15) is 15.9 Å². The molecule has 1 aromatic heterocycles. The summed E-state index contributed by atoms with van der Waals surface area (Å²) < 4.78 is 38.1. The number of rotatable bonds is 1. The minimum absolute atomic E-state index is 0. The summed E-state index contributed by atoms with van der Waals surface area (Å²) >= 11 is 0.908. The van der Waals surface area contributed by atoms with Crippen molar-refractivity contribution in [2.45, 2.75) is 4.90 Å². The average molecular weight is 354 g/mol. The van der Waals surface area contributed by atoms with Gasteiger partial charge in [0.15, 0.2) is 0 Å². The normalized spacial score (nSPS) is 11.2. The molecular weight excluding hydrogens is 350 g/mol. The molecule has 14 heavy (non-hydrogen) atoms. The molecule has 0 spiro atoms. The van der Waals surface area contributed by atoms with Gasteiger partial charge in [-0.15, -0.1) is 0 Å². The Bertz CT molecular complexity index is 551. The van der Waals surface area contributed by atoms with E-state index in [1.165, 1.54) is 12.1 Å². The van der Waals surface area contributed by atoms with E-state index in [9.17, 15) is 8.42 Å². The summed E-state index contributed by atoms with van der Waals surface area (Å²) in [5, 5.41) is 0. The van der Waals surface area contributed by atoms with Crippen LogP contribution in [0.2, 0.25) is 0 Å². The second-order valence-corrected chi connectivity index (χ2v) is 4.28. The molecule has 2 aromatic rings. The predicted octanol–water partition coefficient (Wildman–Crippen LogP) is 0.557. The van der Waals surface area contributed by atoms with Crippen molar-refractivity contribution < 1.29 is 13.0 Å². The SMILES string of the molecule is O=S(=O)(O)c1cccc2nsnc12.[Ba+2]. The van der Waals surface area contributed by atoms with Crippen LogP contribution in [0.5, 0.6) is 0 Å². The molecule has 0 saturated heterocycles. The fourth-order valence-electron chi connectivity index (χ4n) is 0.990. The van der Waals surface area contributed by atoms with E-state index in [4.69, 9.17) is 4.55 Å². The Labute approximate surface area is 125 Å². The zero-order valence-corrected chi connectivity index (χ0v) is 13.0. The summed E-state index contributed by atoms with van der Waals surface area (Å²) in [4.78, 5) is -0.196. The van der Waals surface area contributed by atoms with Crippen molar-refractivity contribution in [1.82, 2.24) is 8.75 Å². The van der Waals surface area contributed by atoms with E-state index in [1.54, 1.807) is 6.07 Å². The Balaban J connectivity index is 0.000000980. The summed E-state index contributed by atoms with van der Waals surface area (Å²) in [5.41, 5.74) is 0.690. The number of aromatic nitrogens is 2. The van der Waals surface area contributed by atoms with Crippen LogP contribution in [0, 0.1) is 0 Å². The fourth-order valence-corrected chi connectivity index (χ4v) is 2.24. The van der Waals surface area contributed by atoms with Gasteiger partial charge in [-0.05, 0) is 12.1 Å². The summed E-state index contributed by atoms with van der Waals surface area (Å²) in [7, 11) is -4.20. The largest absolute Gasteiger partial charge is 2.00 e. The third-order valence-corrected chi connectivity index (χ3v) is 2.95. The topological polar surface area (TPSA) is 80.2 Å². The molecule has 68 valence electrons. The second-order valence-electron chi connectivity index (χ2n) is 2.36. The van der Waals surface area contributed by atoms with Crippen LogP contribution in [-0.2, 0) is 10.1 Å². The molecule has 5 nitrogen and oxygen atoms in total. The minimum atomic E-state index is -4.20. The first kappa shape index (κ1) is 12.6. The van der Waals surface area contributed by atoms with Crippen molar-refractivity contribution in [2.75, 3.05) is 0 Å². The van der Waals surface area contributed by atoms with E-state index in [0.29, 0.717) is 5.52 Å². The van der Waals surface area contributed by atoms with Crippen molar-refractivity contribution in [1.29, 1.82) is 0 Å². The molecule has 2 rings (SSSR count). The van der Waals surface area contributed by atoms with Crippen molar-refractivity contribution >= 4 is 81.8 Å². The molecule has 0 aliphatic rings. The van der Waals surface area contributed by atoms with E-state index in [0.717, 1.165) is 11.7 Å². The Morgan fingerprint density at radius 1 is 1.29 bits per heavy atom. The Morgan fingerprint density at radius 2 is 2.00 bits per heavy atom. The molecule has 1 N–H and O–H groups in total. The minimum Gasteiger partial charge on any atom is -0.282 e. The number of nitrogens with zero attached hydrogens (tertiary/aromatic N) is 2. The van der Waals surface area contributed by atoms with Crippen molar-refractivity contribution in [2.24, 2.45) is 0 Å². The Hall–Kier alpha value is 0.521. The molecule has 0 aliphatic heterocycles. The number of hydrogen-bond donors (Lipinski definition) is 1. The van der Waals surface area contributed by atoms with E-state index >= 15 is 0 Å². The van der Waals surface area contributed by atoms with Gasteiger partial charge in [0.2, 0.25) is 0 Å². The summed E-state index contributed by atoms with van der Waals surface area (Å²) in [5.74, 6) is 0. The summed E-state index contributed by atoms with van der Waals surface area (Å²) in [6.07, 6.45) is 0. The summed E-state index contributed by atoms with van der Waals surface area (Å²) in [6.45, 7) is 0. The van der Waals surface area contributed by atoms with Gasteiger partial charge in [0, 0.05) is 0 Å². The summed E-state index contributed by atoms with van der Waals surface area (Å²) in [6, 6.07) is 4.43. The van der Waals surface area contributed by atoms with Crippen molar-refractivity contribution in [3.63, 3.8) is 0 Å². The molecule has 0 fully saturated rings. The molecule has 0 bridgehead atoms. The van der Waals surface area contributed by atoms with Gasteiger partial charge in [0.05, 0.1) is 11.7 Å². The zero-order valence-electron chi connectivity index (χ0n) is 6.91. The van der Waals surface area contributed by atoms with Crippen molar-refractivity contribution in [3.05, 3.63) is 18.2 Å². The second kappa shape index (κ2) is 4.58. The smallest absolute Gasteiger partial charge is 0.282 e. The molecule has 0 unspecified atom stereocenters. The fraction of sp³-hybridized carbons (Fsp3) is 0. The van der Waals surface area contributed by atoms with E-state index in [-0.39, 0.29) is 59.3 Å². The monoisotopic (exact) mass is 354 g/mol. The van der Waals surface area contributed by atoms with Crippen LogP contribution in [0.4, 0.5) is 0 Å². The number of benzene rings is 1. The van der Waals surface area contributed by atoms with Gasteiger partial charge in [-0.25, -0.2) is 0 Å². The molecule has 1 aromatic carbocycles. The maximum atomic E-state index is 10.8. The molecule has 1 heterocycles. The first-order valence-corrected chi connectivity index (χ1v) is 5.45. The number of hydrogen-bond acceptors (Lipinski definition) is 5. The molecule has 8 heteroatoms. The quantitative estimate of drug-likeness (QED) is 0.598. The molecule has 0 aliphatic carbocycles. The number of fused-ring (bicyclic) bond motifs is 1. The first-order valence-electron chi connectivity index (χ1n) is 3.28. The van der Waals surface area contributed by atoms with Crippen LogP contribution in [0.15, 0.2) is 23.1 Å². The molecule has 0 radical (unpaired) electrons. The molecule has 0 saturated carbocycles. The maximum absolute atomic E-state index is 10.8.